The molecule has 0 saturated heterocycles. The van der Waals surface area contributed by atoms with E-state index >= 15 is 0 Å². The normalized spacial score (nSPS) is 12.4. The van der Waals surface area contributed by atoms with Crippen molar-refractivity contribution >= 4 is 17.9 Å². The highest BCUT2D eigenvalue weighted by Crippen LogP contribution is 2.18. The van der Waals surface area contributed by atoms with E-state index in [1.54, 1.807) is 0 Å². The lowest BCUT2D eigenvalue weighted by Crippen LogP contribution is -2.30. The predicted molar refractivity (Wildman–Crippen MR) is 316 cm³/mol. The minimum atomic E-state index is -0.780. The van der Waals surface area contributed by atoms with Crippen LogP contribution in [0.15, 0.2) is 60.8 Å². The molecule has 0 aromatic rings. The fourth-order valence-corrected chi connectivity index (χ4v) is 9.30. The number of esters is 3. The minimum absolute atomic E-state index is 0.0792. The van der Waals surface area contributed by atoms with Gasteiger partial charge in [0, 0.05) is 19.3 Å². The second-order valence-electron chi connectivity index (χ2n) is 21.3. The lowest BCUT2D eigenvalue weighted by molar-refractivity contribution is -0.167. The lowest BCUT2D eigenvalue weighted by atomic mass is 10.0. The molecule has 0 saturated carbocycles. The molecule has 0 spiro atoms. The average molecular weight is 1020 g/mol. The molecule has 424 valence electrons. The van der Waals surface area contributed by atoms with E-state index in [0.29, 0.717) is 19.3 Å². The van der Waals surface area contributed by atoms with E-state index in [0.717, 1.165) is 109 Å². The summed E-state index contributed by atoms with van der Waals surface area (Å²) < 4.78 is 16.8. The molecule has 0 aromatic heterocycles. The molecule has 0 rings (SSSR count). The van der Waals surface area contributed by atoms with E-state index in [1.807, 2.05) is 0 Å². The second-order valence-corrected chi connectivity index (χ2v) is 21.3. The number of carbonyl (C=O) groups is 3. The Labute approximate surface area is 453 Å². The van der Waals surface area contributed by atoms with E-state index in [-0.39, 0.29) is 31.1 Å². The maximum atomic E-state index is 12.8. The van der Waals surface area contributed by atoms with Crippen LogP contribution in [0.25, 0.3) is 0 Å². The van der Waals surface area contributed by atoms with Gasteiger partial charge in [0.2, 0.25) is 0 Å². The Kier molecular flexibility index (Phi) is 59.2. The van der Waals surface area contributed by atoms with Crippen molar-refractivity contribution in [1.82, 2.24) is 0 Å². The van der Waals surface area contributed by atoms with Gasteiger partial charge in [-0.3, -0.25) is 14.4 Å². The summed E-state index contributed by atoms with van der Waals surface area (Å²) in [5.41, 5.74) is 0. The van der Waals surface area contributed by atoms with E-state index in [4.69, 9.17) is 14.2 Å². The molecule has 0 aliphatic heterocycles. The van der Waals surface area contributed by atoms with E-state index in [1.165, 1.54) is 180 Å². The number of hydrogen-bond donors (Lipinski definition) is 0. The van der Waals surface area contributed by atoms with Crippen LogP contribution in [0.2, 0.25) is 0 Å². The van der Waals surface area contributed by atoms with Crippen LogP contribution in [0, 0.1) is 0 Å². The molecule has 6 nitrogen and oxygen atoms in total. The average Bonchev–Trinajstić information content (AvgIpc) is 3.39. The highest BCUT2D eigenvalue weighted by molar-refractivity contribution is 5.71. The van der Waals surface area contributed by atoms with Gasteiger partial charge in [-0.25, -0.2) is 0 Å². The standard InChI is InChI=1S/C67H120O6/c1-4-7-10-13-16-18-20-22-24-26-28-30-31-32-33-34-35-36-38-39-41-43-45-47-49-51-54-57-60-66(69)72-63-64(62-71-65(68)59-56-53-15-12-9-6-3)73-67(70)61-58-55-52-50-48-46-44-42-40-37-29-27-25-23-21-19-17-14-11-8-5-2/h8,11,17,19,23,25,29,37,42,44,64H,4-7,9-10,12-16,18,20-22,24,26-28,30-36,38-41,43,45-63H2,1-3H3/b11-8-,19-17-,25-23-,37-29-,44-42-. The minimum Gasteiger partial charge on any atom is -0.462 e. The van der Waals surface area contributed by atoms with Gasteiger partial charge in [-0.1, -0.05) is 306 Å². The van der Waals surface area contributed by atoms with Gasteiger partial charge in [-0.2, -0.15) is 0 Å². The zero-order valence-corrected chi connectivity index (χ0v) is 48.7. The van der Waals surface area contributed by atoms with E-state index < -0.39 is 6.10 Å². The molecule has 73 heavy (non-hydrogen) atoms. The molecule has 0 aromatic carbocycles. The van der Waals surface area contributed by atoms with Crippen molar-refractivity contribution in [3.8, 4) is 0 Å². The Morgan fingerprint density at radius 1 is 0.288 bits per heavy atom. The third kappa shape index (κ3) is 59.9. The first-order valence-corrected chi connectivity index (χ1v) is 31.8. The maximum Gasteiger partial charge on any atom is 0.306 e. The summed E-state index contributed by atoms with van der Waals surface area (Å²) in [6, 6.07) is 0. The molecule has 6 heteroatoms. The lowest BCUT2D eigenvalue weighted by Gasteiger charge is -2.18. The number of hydrogen-bond acceptors (Lipinski definition) is 6. The molecule has 0 bridgehead atoms. The molecule has 0 radical (unpaired) electrons. The molecule has 0 aliphatic carbocycles. The zero-order chi connectivity index (χ0) is 52.9. The van der Waals surface area contributed by atoms with Gasteiger partial charge in [0.15, 0.2) is 6.10 Å². The molecular formula is C67H120O6. The monoisotopic (exact) mass is 1020 g/mol. The maximum absolute atomic E-state index is 12.8. The smallest absolute Gasteiger partial charge is 0.306 e. The van der Waals surface area contributed by atoms with Crippen LogP contribution in [0.4, 0.5) is 0 Å². The summed E-state index contributed by atoms with van der Waals surface area (Å²) in [5, 5.41) is 0. The Morgan fingerprint density at radius 3 is 0.836 bits per heavy atom. The Balaban J connectivity index is 4.06. The van der Waals surface area contributed by atoms with Crippen molar-refractivity contribution in [3.05, 3.63) is 60.8 Å². The fraction of sp³-hybridized carbons (Fsp3) is 0.806. The molecule has 0 amide bonds. The van der Waals surface area contributed by atoms with Gasteiger partial charge >= 0.3 is 17.9 Å². The number of carbonyl (C=O) groups excluding carboxylic acids is 3. The van der Waals surface area contributed by atoms with Crippen molar-refractivity contribution in [2.75, 3.05) is 13.2 Å². The Morgan fingerprint density at radius 2 is 0.534 bits per heavy atom. The van der Waals surface area contributed by atoms with Crippen LogP contribution < -0.4 is 0 Å². The van der Waals surface area contributed by atoms with Crippen molar-refractivity contribution in [1.29, 1.82) is 0 Å². The van der Waals surface area contributed by atoms with Crippen molar-refractivity contribution in [2.45, 2.75) is 335 Å². The second kappa shape index (κ2) is 61.7. The van der Waals surface area contributed by atoms with Gasteiger partial charge in [0.1, 0.15) is 13.2 Å². The molecular weight excluding hydrogens is 901 g/mol. The van der Waals surface area contributed by atoms with Crippen molar-refractivity contribution in [3.63, 3.8) is 0 Å². The van der Waals surface area contributed by atoms with Crippen LogP contribution in [-0.2, 0) is 28.6 Å². The van der Waals surface area contributed by atoms with Crippen LogP contribution in [0.3, 0.4) is 0 Å². The molecule has 1 atom stereocenters. The number of ether oxygens (including phenoxy) is 3. The van der Waals surface area contributed by atoms with Gasteiger partial charge < -0.3 is 14.2 Å². The summed E-state index contributed by atoms with van der Waals surface area (Å²) >= 11 is 0. The van der Waals surface area contributed by atoms with E-state index in [9.17, 15) is 14.4 Å². The van der Waals surface area contributed by atoms with Crippen molar-refractivity contribution in [2.24, 2.45) is 0 Å². The van der Waals surface area contributed by atoms with E-state index in [2.05, 4.69) is 81.5 Å². The molecule has 0 aliphatic rings. The predicted octanol–water partition coefficient (Wildman–Crippen LogP) is 21.6. The molecule has 1 unspecified atom stereocenters. The highest BCUT2D eigenvalue weighted by atomic mass is 16.6. The number of unbranched alkanes of at least 4 members (excludes halogenated alkanes) is 37. The van der Waals surface area contributed by atoms with Gasteiger partial charge in [-0.15, -0.1) is 0 Å². The van der Waals surface area contributed by atoms with Gasteiger partial charge in [-0.05, 0) is 64.2 Å². The molecule has 0 heterocycles. The quantitative estimate of drug-likeness (QED) is 0.0261. The van der Waals surface area contributed by atoms with Crippen LogP contribution in [0.5, 0.6) is 0 Å². The van der Waals surface area contributed by atoms with Crippen molar-refractivity contribution < 1.29 is 28.6 Å². The summed E-state index contributed by atoms with van der Waals surface area (Å²) in [6.45, 7) is 6.49. The summed E-state index contributed by atoms with van der Waals surface area (Å²) in [6.07, 6.45) is 78.5. The topological polar surface area (TPSA) is 78.9 Å². The highest BCUT2D eigenvalue weighted by Gasteiger charge is 2.19. The summed E-state index contributed by atoms with van der Waals surface area (Å²) in [5.74, 6) is -0.894. The third-order valence-corrected chi connectivity index (χ3v) is 14.0. The summed E-state index contributed by atoms with van der Waals surface area (Å²) in [7, 11) is 0. The van der Waals surface area contributed by atoms with Crippen LogP contribution >= 0.6 is 0 Å². The zero-order valence-electron chi connectivity index (χ0n) is 48.7. The molecule has 0 N–H and O–H groups in total. The van der Waals surface area contributed by atoms with Gasteiger partial charge in [0.05, 0.1) is 0 Å². The Bertz CT molecular complexity index is 1310. The summed E-state index contributed by atoms with van der Waals surface area (Å²) in [4.78, 5) is 38.0. The number of rotatable bonds is 58. The number of allylic oxidation sites excluding steroid dienone is 10. The van der Waals surface area contributed by atoms with Gasteiger partial charge in [0.25, 0.3) is 0 Å². The largest absolute Gasteiger partial charge is 0.462 e. The van der Waals surface area contributed by atoms with Crippen LogP contribution in [-0.4, -0.2) is 37.2 Å². The first kappa shape index (κ1) is 70.1. The van der Waals surface area contributed by atoms with Crippen LogP contribution in [0.1, 0.15) is 329 Å². The first-order valence-electron chi connectivity index (χ1n) is 31.8. The Hall–Kier alpha value is -2.89. The molecule has 0 fully saturated rings. The SMILES string of the molecule is CC/C=C\C/C=C\C/C=C\C/C=C\C/C=C\CCCCCCCC(=O)OC(COC(=O)CCCCCCCC)COC(=O)CCCCCCCCCCCCCCCCCCCCCCCCCCCCCC. The first-order chi connectivity index (χ1) is 36.0. The fourth-order valence-electron chi connectivity index (χ4n) is 9.30. The third-order valence-electron chi connectivity index (χ3n) is 14.0.